The fraction of sp³-hybridized carbons (Fsp3) is 0.462. The number of carbonyl (C=O) groups excluding carboxylic acids is 1. The van der Waals surface area contributed by atoms with Gasteiger partial charge in [0.1, 0.15) is 6.04 Å². The van der Waals surface area contributed by atoms with Crippen molar-refractivity contribution in [3.63, 3.8) is 0 Å². The predicted molar refractivity (Wildman–Crippen MR) is 67.5 cm³/mol. The minimum atomic E-state index is -0.611. The highest BCUT2D eigenvalue weighted by atomic mass is 16.5. The molecule has 0 heterocycles. The second-order valence-corrected chi connectivity index (χ2v) is 4.14. The number of amides is 1. The number of nitrogens with two attached hydrogens (primary N) is 1. The Morgan fingerprint density at radius 2 is 2.00 bits per heavy atom. The number of rotatable bonds is 5. The van der Waals surface area contributed by atoms with Crippen molar-refractivity contribution < 1.29 is 9.53 Å². The molecule has 0 saturated carbocycles. The number of benzene rings is 1. The second kappa shape index (κ2) is 6.37. The fourth-order valence-electron chi connectivity index (χ4n) is 1.59. The van der Waals surface area contributed by atoms with Crippen LogP contribution in [0.5, 0.6) is 0 Å². The lowest BCUT2D eigenvalue weighted by Gasteiger charge is -2.27. The molecule has 1 rings (SSSR count). The molecular weight excluding hydrogens is 216 g/mol. The Hall–Kier alpha value is -1.39. The van der Waals surface area contributed by atoms with Crippen molar-refractivity contribution in [2.45, 2.75) is 19.0 Å². The van der Waals surface area contributed by atoms with Crippen LogP contribution < -0.4 is 5.73 Å². The molecule has 0 radical (unpaired) electrons. The summed E-state index contributed by atoms with van der Waals surface area (Å²) < 4.78 is 5.03. The minimum Gasteiger partial charge on any atom is -0.383 e. The van der Waals surface area contributed by atoms with Crippen molar-refractivity contribution in [2.24, 2.45) is 5.73 Å². The maximum atomic E-state index is 12.1. The number of hydrogen-bond donors (Lipinski definition) is 1. The molecule has 0 spiro atoms. The number of hydrogen-bond acceptors (Lipinski definition) is 3. The van der Waals surface area contributed by atoms with E-state index in [4.69, 9.17) is 10.5 Å². The van der Waals surface area contributed by atoms with E-state index in [1.54, 1.807) is 19.1 Å². The molecule has 2 unspecified atom stereocenters. The lowest BCUT2D eigenvalue weighted by molar-refractivity contribution is -0.134. The summed E-state index contributed by atoms with van der Waals surface area (Å²) in [5.41, 5.74) is 6.77. The van der Waals surface area contributed by atoms with Crippen LogP contribution in [-0.2, 0) is 9.53 Å². The first-order chi connectivity index (χ1) is 8.07. The first kappa shape index (κ1) is 13.7. The Morgan fingerprint density at radius 3 is 2.53 bits per heavy atom. The van der Waals surface area contributed by atoms with Crippen LogP contribution in [0.15, 0.2) is 30.3 Å². The van der Waals surface area contributed by atoms with Crippen LogP contribution in [0, 0.1) is 0 Å². The first-order valence-corrected chi connectivity index (χ1v) is 5.64. The van der Waals surface area contributed by atoms with Crippen LogP contribution in [-0.4, -0.2) is 37.6 Å². The third kappa shape index (κ3) is 3.54. The van der Waals surface area contributed by atoms with E-state index < -0.39 is 6.04 Å². The van der Waals surface area contributed by atoms with Crippen LogP contribution in [0.3, 0.4) is 0 Å². The van der Waals surface area contributed by atoms with Gasteiger partial charge in [-0.05, 0) is 12.5 Å². The van der Waals surface area contributed by atoms with E-state index in [-0.39, 0.29) is 11.9 Å². The highest BCUT2D eigenvalue weighted by Crippen LogP contribution is 2.13. The number of nitrogens with zero attached hydrogens (tertiary/aromatic N) is 1. The van der Waals surface area contributed by atoms with Crippen molar-refractivity contribution in [1.29, 1.82) is 0 Å². The van der Waals surface area contributed by atoms with E-state index >= 15 is 0 Å². The third-order valence-corrected chi connectivity index (χ3v) is 2.84. The molecule has 0 fully saturated rings. The maximum absolute atomic E-state index is 12.1. The standard InChI is InChI=1S/C13H20N2O2/c1-10(9-17-3)15(2)13(16)12(14)11-7-5-4-6-8-11/h4-8,10,12H,9,14H2,1-3H3. The molecule has 4 nitrogen and oxygen atoms in total. The molecule has 0 saturated heterocycles. The zero-order chi connectivity index (χ0) is 12.8. The van der Waals surface area contributed by atoms with Gasteiger partial charge in [0.25, 0.3) is 0 Å². The molecule has 0 aromatic heterocycles. The zero-order valence-corrected chi connectivity index (χ0v) is 10.6. The molecule has 1 amide bonds. The quantitative estimate of drug-likeness (QED) is 0.835. The number of carbonyl (C=O) groups is 1. The summed E-state index contributed by atoms with van der Waals surface area (Å²) in [7, 11) is 3.36. The number of ether oxygens (including phenoxy) is 1. The van der Waals surface area contributed by atoms with Gasteiger partial charge in [0.15, 0.2) is 0 Å². The van der Waals surface area contributed by atoms with Crippen molar-refractivity contribution in [1.82, 2.24) is 4.90 Å². The van der Waals surface area contributed by atoms with Crippen molar-refractivity contribution in [2.75, 3.05) is 20.8 Å². The van der Waals surface area contributed by atoms with E-state index in [0.29, 0.717) is 6.61 Å². The maximum Gasteiger partial charge on any atom is 0.244 e. The monoisotopic (exact) mass is 236 g/mol. The third-order valence-electron chi connectivity index (χ3n) is 2.84. The Labute approximate surface area is 102 Å². The van der Waals surface area contributed by atoms with Crippen LogP contribution in [0.2, 0.25) is 0 Å². The first-order valence-electron chi connectivity index (χ1n) is 5.64. The molecule has 0 aliphatic rings. The van der Waals surface area contributed by atoms with Crippen LogP contribution in [0.4, 0.5) is 0 Å². The van der Waals surface area contributed by atoms with Crippen LogP contribution in [0.1, 0.15) is 18.5 Å². The summed E-state index contributed by atoms with van der Waals surface area (Å²) in [6.07, 6.45) is 0. The Morgan fingerprint density at radius 1 is 1.41 bits per heavy atom. The Balaban J connectivity index is 2.70. The molecule has 0 aliphatic carbocycles. The van der Waals surface area contributed by atoms with Gasteiger partial charge in [-0.25, -0.2) is 0 Å². The predicted octanol–water partition coefficient (Wildman–Crippen LogP) is 1.18. The molecule has 0 bridgehead atoms. The van der Waals surface area contributed by atoms with Crippen LogP contribution in [0.25, 0.3) is 0 Å². The number of methoxy groups -OCH3 is 1. The summed E-state index contributed by atoms with van der Waals surface area (Å²) >= 11 is 0. The molecule has 4 heteroatoms. The molecular formula is C13H20N2O2. The van der Waals surface area contributed by atoms with Gasteiger partial charge in [-0.1, -0.05) is 30.3 Å². The Bertz CT molecular complexity index is 354. The van der Waals surface area contributed by atoms with Gasteiger partial charge in [-0.3, -0.25) is 4.79 Å². The second-order valence-electron chi connectivity index (χ2n) is 4.14. The lowest BCUT2D eigenvalue weighted by atomic mass is 10.1. The summed E-state index contributed by atoms with van der Waals surface area (Å²) in [4.78, 5) is 13.7. The average Bonchev–Trinajstić information content (AvgIpc) is 2.37. The van der Waals surface area contributed by atoms with Gasteiger partial charge < -0.3 is 15.4 Å². The summed E-state index contributed by atoms with van der Waals surface area (Å²) in [5, 5.41) is 0. The summed E-state index contributed by atoms with van der Waals surface area (Å²) in [5.74, 6) is -0.0965. The Kier molecular flexibility index (Phi) is 5.12. The van der Waals surface area contributed by atoms with Gasteiger partial charge in [0.05, 0.1) is 12.6 Å². The molecule has 1 aromatic carbocycles. The van der Waals surface area contributed by atoms with Crippen molar-refractivity contribution in [3.05, 3.63) is 35.9 Å². The van der Waals surface area contributed by atoms with Crippen molar-refractivity contribution in [3.8, 4) is 0 Å². The molecule has 2 N–H and O–H groups in total. The zero-order valence-electron chi connectivity index (χ0n) is 10.6. The van der Waals surface area contributed by atoms with Gasteiger partial charge in [0.2, 0.25) is 5.91 Å². The average molecular weight is 236 g/mol. The minimum absolute atomic E-state index is 0.0160. The van der Waals surface area contributed by atoms with E-state index in [1.807, 2.05) is 37.3 Å². The normalized spacial score (nSPS) is 14.1. The van der Waals surface area contributed by atoms with Gasteiger partial charge in [-0.2, -0.15) is 0 Å². The van der Waals surface area contributed by atoms with Crippen LogP contribution >= 0.6 is 0 Å². The van der Waals surface area contributed by atoms with Gasteiger partial charge >= 0.3 is 0 Å². The highest BCUT2D eigenvalue weighted by molar-refractivity contribution is 5.83. The topological polar surface area (TPSA) is 55.6 Å². The molecule has 94 valence electrons. The fourth-order valence-corrected chi connectivity index (χ4v) is 1.59. The van der Waals surface area contributed by atoms with Crippen molar-refractivity contribution >= 4 is 5.91 Å². The molecule has 0 aliphatic heterocycles. The summed E-state index contributed by atoms with van der Waals surface area (Å²) in [6.45, 7) is 2.43. The van der Waals surface area contributed by atoms with E-state index in [9.17, 15) is 4.79 Å². The molecule has 17 heavy (non-hydrogen) atoms. The molecule has 1 aromatic rings. The summed E-state index contributed by atoms with van der Waals surface area (Å²) in [6, 6.07) is 8.78. The van der Waals surface area contributed by atoms with Gasteiger partial charge in [-0.15, -0.1) is 0 Å². The molecule has 2 atom stereocenters. The lowest BCUT2D eigenvalue weighted by Crippen LogP contribution is -2.42. The smallest absolute Gasteiger partial charge is 0.244 e. The van der Waals surface area contributed by atoms with E-state index in [2.05, 4.69) is 0 Å². The highest BCUT2D eigenvalue weighted by Gasteiger charge is 2.22. The van der Waals surface area contributed by atoms with E-state index in [0.717, 1.165) is 5.56 Å². The van der Waals surface area contributed by atoms with E-state index in [1.165, 1.54) is 0 Å². The largest absolute Gasteiger partial charge is 0.383 e. The van der Waals surface area contributed by atoms with Gasteiger partial charge in [0, 0.05) is 14.2 Å². The SMILES string of the molecule is COCC(C)N(C)C(=O)C(N)c1ccccc1. The number of likely N-dealkylation sites (N-methyl/N-ethyl adjacent to an activating group) is 1.